The molecule has 2 N–H and O–H groups in total. The molecule has 0 amide bonds. The fourth-order valence-electron chi connectivity index (χ4n) is 2.56. The van der Waals surface area contributed by atoms with Crippen molar-refractivity contribution in [3.63, 3.8) is 0 Å². The van der Waals surface area contributed by atoms with Crippen LogP contribution in [0.25, 0.3) is 0 Å². The second kappa shape index (κ2) is 6.48. The molecule has 1 saturated heterocycles. The number of sulfonamides is 1. The molecule has 0 saturated carbocycles. The van der Waals surface area contributed by atoms with E-state index >= 15 is 0 Å². The monoisotopic (exact) mass is 316 g/mol. The van der Waals surface area contributed by atoms with Gasteiger partial charge in [-0.2, -0.15) is 0 Å². The fraction of sp³-hybridized carbons (Fsp3) is 0.714. The van der Waals surface area contributed by atoms with E-state index in [2.05, 4.69) is 4.72 Å². The van der Waals surface area contributed by atoms with Crippen molar-refractivity contribution in [2.45, 2.75) is 56.7 Å². The quantitative estimate of drug-likeness (QED) is 0.827. The predicted octanol–water partition coefficient (Wildman–Crippen LogP) is 1.24. The number of hydrogen-bond donors (Lipinski definition) is 2. The number of hydrogen-bond acceptors (Lipinski definition) is 4. The highest BCUT2D eigenvalue weighted by Gasteiger charge is 2.33. The molecule has 0 aliphatic carbocycles. The first-order chi connectivity index (χ1) is 9.90. The standard InChI is InChI=1S/C14H24N2O4S/c1-3-6-16-10-13(9-12(16)11-17)21(18,19)15-14(2)4-7-20-8-5-14/h9-10,15,17H,3-8,11H2,1-2H3. The summed E-state index contributed by atoms with van der Waals surface area (Å²) in [6.07, 6.45) is 3.80. The number of aliphatic hydroxyl groups excluding tert-OH is 1. The van der Waals surface area contributed by atoms with Gasteiger partial charge < -0.3 is 14.4 Å². The van der Waals surface area contributed by atoms with Gasteiger partial charge in [0.25, 0.3) is 0 Å². The summed E-state index contributed by atoms with van der Waals surface area (Å²) in [6.45, 7) is 5.58. The van der Waals surface area contributed by atoms with Crippen LogP contribution in [0.2, 0.25) is 0 Å². The van der Waals surface area contributed by atoms with Gasteiger partial charge in [0, 0.05) is 37.2 Å². The molecule has 0 spiro atoms. The lowest BCUT2D eigenvalue weighted by Crippen LogP contribution is -2.49. The Morgan fingerprint density at radius 1 is 1.43 bits per heavy atom. The molecule has 0 atom stereocenters. The molecule has 2 rings (SSSR count). The van der Waals surface area contributed by atoms with Crippen molar-refractivity contribution in [1.82, 2.24) is 9.29 Å². The fourth-order valence-corrected chi connectivity index (χ4v) is 4.09. The van der Waals surface area contributed by atoms with Crippen molar-refractivity contribution < 1.29 is 18.3 Å². The lowest BCUT2D eigenvalue weighted by atomic mass is 9.94. The molecule has 1 aliphatic rings. The zero-order valence-electron chi connectivity index (χ0n) is 12.6. The van der Waals surface area contributed by atoms with Crippen LogP contribution in [0.1, 0.15) is 38.8 Å². The Bertz CT molecular complexity index is 574. The third-order valence-electron chi connectivity index (χ3n) is 3.87. The Hall–Kier alpha value is -0.890. The van der Waals surface area contributed by atoms with Crippen molar-refractivity contribution >= 4 is 10.0 Å². The van der Waals surface area contributed by atoms with Gasteiger partial charge in [-0.25, -0.2) is 13.1 Å². The molecule has 120 valence electrons. The Balaban J connectivity index is 2.22. The normalized spacial score (nSPS) is 18.8. The Morgan fingerprint density at radius 3 is 2.67 bits per heavy atom. The number of aromatic nitrogens is 1. The minimum absolute atomic E-state index is 0.166. The molecule has 1 aromatic heterocycles. The first-order valence-corrected chi connectivity index (χ1v) is 8.80. The van der Waals surface area contributed by atoms with Crippen molar-refractivity contribution in [3.8, 4) is 0 Å². The smallest absolute Gasteiger partial charge is 0.242 e. The molecule has 6 nitrogen and oxygen atoms in total. The predicted molar refractivity (Wildman–Crippen MR) is 79.4 cm³/mol. The van der Waals surface area contributed by atoms with E-state index in [0.29, 0.717) is 38.3 Å². The third kappa shape index (κ3) is 3.85. The number of nitrogens with zero attached hydrogens (tertiary/aromatic N) is 1. The Kier molecular flexibility index (Phi) is 5.08. The van der Waals surface area contributed by atoms with E-state index in [0.717, 1.165) is 6.42 Å². The minimum atomic E-state index is -3.59. The van der Waals surface area contributed by atoms with Gasteiger partial charge in [-0.05, 0) is 32.3 Å². The van der Waals surface area contributed by atoms with E-state index < -0.39 is 15.6 Å². The van der Waals surface area contributed by atoms with Gasteiger partial charge in [-0.15, -0.1) is 0 Å². The van der Waals surface area contributed by atoms with E-state index in [-0.39, 0.29) is 11.5 Å². The number of ether oxygens (including phenoxy) is 1. The SMILES string of the molecule is CCCn1cc(S(=O)(=O)NC2(C)CCOCC2)cc1CO. The average molecular weight is 316 g/mol. The molecule has 0 radical (unpaired) electrons. The lowest BCUT2D eigenvalue weighted by Gasteiger charge is -2.33. The number of aliphatic hydroxyl groups is 1. The van der Waals surface area contributed by atoms with Crippen molar-refractivity contribution in [2.75, 3.05) is 13.2 Å². The Morgan fingerprint density at radius 2 is 2.10 bits per heavy atom. The van der Waals surface area contributed by atoms with Gasteiger partial charge in [0.05, 0.1) is 11.5 Å². The highest BCUT2D eigenvalue weighted by atomic mass is 32.2. The molecule has 1 fully saturated rings. The van der Waals surface area contributed by atoms with Crippen LogP contribution in [0, 0.1) is 0 Å². The van der Waals surface area contributed by atoms with Crippen molar-refractivity contribution in [2.24, 2.45) is 0 Å². The van der Waals surface area contributed by atoms with E-state index in [1.165, 1.54) is 0 Å². The molecular formula is C14H24N2O4S. The van der Waals surface area contributed by atoms with Crippen LogP contribution >= 0.6 is 0 Å². The molecule has 2 heterocycles. The van der Waals surface area contributed by atoms with Gasteiger partial charge in [-0.3, -0.25) is 0 Å². The summed E-state index contributed by atoms with van der Waals surface area (Å²) in [5.41, 5.74) is 0.151. The van der Waals surface area contributed by atoms with Gasteiger partial charge in [0.1, 0.15) is 0 Å². The molecule has 1 aliphatic heterocycles. The van der Waals surface area contributed by atoms with Gasteiger partial charge in [-0.1, -0.05) is 6.92 Å². The molecule has 1 aromatic rings. The topological polar surface area (TPSA) is 80.6 Å². The summed E-state index contributed by atoms with van der Waals surface area (Å²) in [5, 5.41) is 9.34. The first kappa shape index (κ1) is 16.5. The summed E-state index contributed by atoms with van der Waals surface area (Å²) in [7, 11) is -3.59. The highest BCUT2D eigenvalue weighted by molar-refractivity contribution is 7.89. The molecule has 0 aromatic carbocycles. The van der Waals surface area contributed by atoms with Crippen LogP contribution in [0.4, 0.5) is 0 Å². The highest BCUT2D eigenvalue weighted by Crippen LogP contribution is 2.24. The van der Waals surface area contributed by atoms with Crippen LogP contribution < -0.4 is 4.72 Å². The van der Waals surface area contributed by atoms with E-state index in [4.69, 9.17) is 4.74 Å². The maximum Gasteiger partial charge on any atom is 0.242 e. The number of aryl methyl sites for hydroxylation is 1. The molecule has 7 heteroatoms. The zero-order chi connectivity index (χ0) is 15.5. The van der Waals surface area contributed by atoms with E-state index in [1.807, 2.05) is 13.8 Å². The molecule has 0 unspecified atom stereocenters. The summed E-state index contributed by atoms with van der Waals surface area (Å²) in [5.74, 6) is 0. The third-order valence-corrected chi connectivity index (χ3v) is 5.48. The van der Waals surface area contributed by atoms with Gasteiger partial charge >= 0.3 is 0 Å². The second-order valence-corrected chi connectivity index (χ2v) is 7.48. The first-order valence-electron chi connectivity index (χ1n) is 7.32. The van der Waals surface area contributed by atoms with Crippen LogP contribution in [-0.2, 0) is 27.9 Å². The van der Waals surface area contributed by atoms with Crippen LogP contribution in [0.5, 0.6) is 0 Å². The molecular weight excluding hydrogens is 292 g/mol. The van der Waals surface area contributed by atoms with Crippen LogP contribution in [0.3, 0.4) is 0 Å². The summed E-state index contributed by atoms with van der Waals surface area (Å²) < 4.78 is 35.0. The van der Waals surface area contributed by atoms with E-state index in [1.54, 1.807) is 16.8 Å². The second-order valence-electron chi connectivity index (χ2n) is 5.80. The molecule has 21 heavy (non-hydrogen) atoms. The van der Waals surface area contributed by atoms with Crippen LogP contribution in [0.15, 0.2) is 17.2 Å². The van der Waals surface area contributed by atoms with Gasteiger partial charge in [0.2, 0.25) is 10.0 Å². The largest absolute Gasteiger partial charge is 0.390 e. The summed E-state index contributed by atoms with van der Waals surface area (Å²) in [4.78, 5) is 0.215. The average Bonchev–Trinajstić information content (AvgIpc) is 2.83. The molecule has 0 bridgehead atoms. The van der Waals surface area contributed by atoms with Crippen LogP contribution in [-0.4, -0.2) is 36.8 Å². The van der Waals surface area contributed by atoms with Crippen molar-refractivity contribution in [1.29, 1.82) is 0 Å². The Labute approximate surface area is 126 Å². The maximum absolute atomic E-state index is 12.5. The van der Waals surface area contributed by atoms with Gasteiger partial charge in [0.15, 0.2) is 0 Å². The van der Waals surface area contributed by atoms with Crippen molar-refractivity contribution in [3.05, 3.63) is 18.0 Å². The number of nitrogens with one attached hydrogen (secondary N) is 1. The summed E-state index contributed by atoms with van der Waals surface area (Å²) >= 11 is 0. The maximum atomic E-state index is 12.5. The van der Waals surface area contributed by atoms with E-state index in [9.17, 15) is 13.5 Å². The lowest BCUT2D eigenvalue weighted by molar-refractivity contribution is 0.0537. The zero-order valence-corrected chi connectivity index (χ0v) is 13.4. The minimum Gasteiger partial charge on any atom is -0.390 e. The summed E-state index contributed by atoms with van der Waals surface area (Å²) in [6, 6.07) is 1.54. The number of rotatable bonds is 6.